The summed E-state index contributed by atoms with van der Waals surface area (Å²) < 4.78 is 11.0. The van der Waals surface area contributed by atoms with Gasteiger partial charge in [-0.2, -0.15) is 0 Å². The second-order valence-corrected chi connectivity index (χ2v) is 8.27. The van der Waals surface area contributed by atoms with E-state index < -0.39 is 0 Å². The van der Waals surface area contributed by atoms with Gasteiger partial charge in [-0.1, -0.05) is 109 Å². The standard InChI is InChI=1S/C27H52O2/c1-3-5-7-9-11-12-13-14-15-16-17-18-19-20-22-24-26-29-27-28-25-23-21-10-8-6-4-2/h9,11,20,22H,3-8,10,12-19,21,23-27H2,1-2H3/b11-9-,22-20+. The molecule has 0 rings (SSSR count). The molecule has 0 aliphatic carbocycles. The van der Waals surface area contributed by atoms with E-state index in [0.29, 0.717) is 6.79 Å². The van der Waals surface area contributed by atoms with Gasteiger partial charge in [-0.15, -0.1) is 0 Å². The zero-order chi connectivity index (χ0) is 21.1. The third kappa shape index (κ3) is 27.4. The summed E-state index contributed by atoms with van der Waals surface area (Å²) in [6, 6.07) is 0. The van der Waals surface area contributed by atoms with Crippen LogP contribution in [-0.4, -0.2) is 20.0 Å². The van der Waals surface area contributed by atoms with Crippen LogP contribution in [0.15, 0.2) is 24.3 Å². The number of allylic oxidation sites excluding steroid dienone is 3. The van der Waals surface area contributed by atoms with E-state index in [4.69, 9.17) is 9.47 Å². The molecule has 0 bridgehead atoms. The van der Waals surface area contributed by atoms with Crippen molar-refractivity contribution in [1.29, 1.82) is 0 Å². The first-order chi connectivity index (χ1) is 14.4. The number of unbranched alkanes of at least 4 members (excludes halogenated alkanes) is 14. The Labute approximate surface area is 183 Å². The molecule has 0 aromatic rings. The van der Waals surface area contributed by atoms with Crippen molar-refractivity contribution in [2.75, 3.05) is 20.0 Å². The molecule has 0 fully saturated rings. The molecule has 0 heterocycles. The maximum atomic E-state index is 5.52. The predicted octanol–water partition coefficient (Wildman–Crippen LogP) is 9.15. The van der Waals surface area contributed by atoms with Crippen LogP contribution in [0.25, 0.3) is 0 Å². The number of ether oxygens (including phenoxy) is 2. The predicted molar refractivity (Wildman–Crippen MR) is 130 cm³/mol. The monoisotopic (exact) mass is 408 g/mol. The molecule has 0 saturated carbocycles. The van der Waals surface area contributed by atoms with Gasteiger partial charge in [-0.05, 0) is 44.9 Å². The molecule has 0 unspecified atom stereocenters. The average Bonchev–Trinajstić information content (AvgIpc) is 2.74. The molecule has 0 amide bonds. The Morgan fingerprint density at radius 3 is 1.48 bits per heavy atom. The lowest BCUT2D eigenvalue weighted by atomic mass is 10.1. The molecule has 0 aliphatic rings. The highest BCUT2D eigenvalue weighted by molar-refractivity contribution is 4.82. The second kappa shape index (κ2) is 27.4. The first-order valence-electron chi connectivity index (χ1n) is 12.9. The Morgan fingerprint density at radius 2 is 0.862 bits per heavy atom. The number of rotatable bonds is 24. The molecule has 29 heavy (non-hydrogen) atoms. The van der Waals surface area contributed by atoms with Gasteiger partial charge in [-0.3, -0.25) is 0 Å². The molecule has 0 aliphatic heterocycles. The molecule has 0 radical (unpaired) electrons. The van der Waals surface area contributed by atoms with Crippen LogP contribution >= 0.6 is 0 Å². The van der Waals surface area contributed by atoms with Crippen LogP contribution in [0.3, 0.4) is 0 Å². The third-order valence-corrected chi connectivity index (χ3v) is 5.29. The van der Waals surface area contributed by atoms with Crippen LogP contribution in [-0.2, 0) is 9.47 Å². The zero-order valence-corrected chi connectivity index (χ0v) is 20.0. The van der Waals surface area contributed by atoms with Crippen molar-refractivity contribution in [3.63, 3.8) is 0 Å². The van der Waals surface area contributed by atoms with Crippen LogP contribution in [0.5, 0.6) is 0 Å². The quantitative estimate of drug-likeness (QED) is 0.0900. The van der Waals surface area contributed by atoms with E-state index in [-0.39, 0.29) is 0 Å². The molecule has 0 aromatic heterocycles. The lowest BCUT2D eigenvalue weighted by Gasteiger charge is -2.04. The van der Waals surface area contributed by atoms with E-state index in [0.717, 1.165) is 19.6 Å². The lowest BCUT2D eigenvalue weighted by Crippen LogP contribution is -2.02. The van der Waals surface area contributed by atoms with Crippen molar-refractivity contribution in [2.24, 2.45) is 0 Å². The Morgan fingerprint density at radius 1 is 0.414 bits per heavy atom. The molecule has 0 aromatic carbocycles. The van der Waals surface area contributed by atoms with Gasteiger partial charge in [0.15, 0.2) is 0 Å². The van der Waals surface area contributed by atoms with Crippen LogP contribution in [0, 0.1) is 0 Å². The molecule has 2 nitrogen and oxygen atoms in total. The molecule has 172 valence electrons. The van der Waals surface area contributed by atoms with Crippen molar-refractivity contribution in [3.05, 3.63) is 24.3 Å². The fraction of sp³-hybridized carbons (Fsp3) is 0.852. The van der Waals surface area contributed by atoms with E-state index in [1.54, 1.807) is 0 Å². The molecule has 0 saturated heterocycles. The van der Waals surface area contributed by atoms with Crippen LogP contribution < -0.4 is 0 Å². The van der Waals surface area contributed by atoms with Gasteiger partial charge in [-0.25, -0.2) is 0 Å². The Balaban J connectivity index is 3.10. The topological polar surface area (TPSA) is 18.5 Å². The van der Waals surface area contributed by atoms with Crippen molar-refractivity contribution in [2.45, 2.75) is 129 Å². The molecule has 0 spiro atoms. The highest BCUT2D eigenvalue weighted by Crippen LogP contribution is 2.10. The zero-order valence-electron chi connectivity index (χ0n) is 20.0. The highest BCUT2D eigenvalue weighted by atomic mass is 16.7. The van der Waals surface area contributed by atoms with Crippen molar-refractivity contribution < 1.29 is 9.47 Å². The highest BCUT2D eigenvalue weighted by Gasteiger charge is 1.92. The van der Waals surface area contributed by atoms with Gasteiger partial charge >= 0.3 is 0 Å². The van der Waals surface area contributed by atoms with Crippen molar-refractivity contribution in [3.8, 4) is 0 Å². The average molecular weight is 409 g/mol. The summed E-state index contributed by atoms with van der Waals surface area (Å²) in [5.74, 6) is 0. The van der Waals surface area contributed by atoms with Crippen LogP contribution in [0.2, 0.25) is 0 Å². The Kier molecular flexibility index (Phi) is 26.8. The van der Waals surface area contributed by atoms with Crippen LogP contribution in [0.4, 0.5) is 0 Å². The largest absolute Gasteiger partial charge is 0.355 e. The van der Waals surface area contributed by atoms with Crippen LogP contribution in [0.1, 0.15) is 129 Å². The van der Waals surface area contributed by atoms with E-state index in [9.17, 15) is 0 Å². The van der Waals surface area contributed by atoms with Gasteiger partial charge in [0.2, 0.25) is 0 Å². The minimum absolute atomic E-state index is 0.456. The van der Waals surface area contributed by atoms with Gasteiger partial charge in [0.25, 0.3) is 0 Å². The minimum Gasteiger partial charge on any atom is -0.355 e. The van der Waals surface area contributed by atoms with Crippen molar-refractivity contribution in [1.82, 2.24) is 0 Å². The minimum atomic E-state index is 0.456. The first kappa shape index (κ1) is 28.4. The summed E-state index contributed by atoms with van der Waals surface area (Å²) in [5.41, 5.74) is 0. The molecular weight excluding hydrogens is 356 g/mol. The normalized spacial score (nSPS) is 11.9. The van der Waals surface area contributed by atoms with Crippen molar-refractivity contribution >= 4 is 0 Å². The van der Waals surface area contributed by atoms with E-state index in [1.807, 2.05) is 0 Å². The first-order valence-corrected chi connectivity index (χ1v) is 12.9. The molecule has 0 atom stereocenters. The Bertz CT molecular complexity index is 335. The smallest absolute Gasteiger partial charge is 0.146 e. The fourth-order valence-corrected chi connectivity index (χ4v) is 3.34. The van der Waals surface area contributed by atoms with Gasteiger partial charge in [0.05, 0.1) is 6.61 Å². The SMILES string of the molecule is CCCC/C=C\CCCCCCCC/C=C/CCOCOCCCCCCCC. The summed E-state index contributed by atoms with van der Waals surface area (Å²) in [6.07, 6.45) is 32.9. The molecule has 2 heteroatoms. The maximum absolute atomic E-state index is 5.52. The summed E-state index contributed by atoms with van der Waals surface area (Å²) in [7, 11) is 0. The summed E-state index contributed by atoms with van der Waals surface area (Å²) in [5, 5.41) is 0. The summed E-state index contributed by atoms with van der Waals surface area (Å²) in [4.78, 5) is 0. The summed E-state index contributed by atoms with van der Waals surface area (Å²) >= 11 is 0. The summed E-state index contributed by atoms with van der Waals surface area (Å²) in [6.45, 7) is 6.59. The second-order valence-electron chi connectivity index (χ2n) is 8.27. The van der Waals surface area contributed by atoms with Gasteiger partial charge < -0.3 is 9.47 Å². The molecular formula is C27H52O2. The van der Waals surface area contributed by atoms with Gasteiger partial charge in [0.1, 0.15) is 6.79 Å². The molecule has 0 N–H and O–H groups in total. The van der Waals surface area contributed by atoms with Gasteiger partial charge in [0, 0.05) is 6.61 Å². The third-order valence-electron chi connectivity index (χ3n) is 5.29. The van der Waals surface area contributed by atoms with E-state index in [2.05, 4.69) is 38.2 Å². The van der Waals surface area contributed by atoms with E-state index in [1.165, 1.54) is 109 Å². The van der Waals surface area contributed by atoms with E-state index >= 15 is 0 Å². The maximum Gasteiger partial charge on any atom is 0.146 e. The number of hydrogen-bond donors (Lipinski definition) is 0. The lowest BCUT2D eigenvalue weighted by molar-refractivity contribution is -0.0531. The fourth-order valence-electron chi connectivity index (χ4n) is 3.34. The Hall–Kier alpha value is -0.600. The number of hydrogen-bond acceptors (Lipinski definition) is 2.